The number of amides is 2. The van der Waals surface area contributed by atoms with Gasteiger partial charge in [0.2, 0.25) is 0 Å². The average molecular weight is 351 g/mol. The first-order valence-electron chi connectivity index (χ1n) is 7.12. The van der Waals surface area contributed by atoms with Crippen molar-refractivity contribution >= 4 is 29.0 Å². The lowest BCUT2D eigenvalue weighted by Gasteiger charge is -2.14. The van der Waals surface area contributed by atoms with E-state index in [1.165, 1.54) is 14.2 Å². The van der Waals surface area contributed by atoms with Gasteiger partial charge in [-0.3, -0.25) is 0 Å². The Morgan fingerprint density at radius 1 is 0.917 bits per heavy atom. The molecule has 0 saturated carbocycles. The Bertz CT molecular complexity index is 750. The van der Waals surface area contributed by atoms with E-state index in [0.29, 0.717) is 27.9 Å². The summed E-state index contributed by atoms with van der Waals surface area (Å²) in [5.74, 6) is 1.63. The highest BCUT2D eigenvalue weighted by molar-refractivity contribution is 6.32. The Hall–Kier alpha value is -2.60. The second kappa shape index (κ2) is 7.79. The number of hydrogen-bond acceptors (Lipinski definition) is 4. The standard InChI is InChI=1S/C17H19ClN2O4/c1-10-7-11(22-2)5-6-13(10)19-17(21)20-14-8-12(18)15(23-3)9-16(14)24-4/h5-9H,1-4H3,(H2,19,20,21). The Kier molecular flexibility index (Phi) is 5.76. The zero-order chi connectivity index (χ0) is 17.7. The molecular formula is C17H19ClN2O4. The van der Waals surface area contributed by atoms with Gasteiger partial charge in [0.25, 0.3) is 0 Å². The smallest absolute Gasteiger partial charge is 0.323 e. The van der Waals surface area contributed by atoms with Crippen LogP contribution in [0.4, 0.5) is 16.2 Å². The number of rotatable bonds is 5. The highest BCUT2D eigenvalue weighted by Gasteiger charge is 2.13. The number of urea groups is 1. The quantitative estimate of drug-likeness (QED) is 0.842. The summed E-state index contributed by atoms with van der Waals surface area (Å²) in [7, 11) is 4.60. The van der Waals surface area contributed by atoms with Crippen molar-refractivity contribution in [3.05, 3.63) is 40.9 Å². The van der Waals surface area contributed by atoms with Gasteiger partial charge >= 0.3 is 6.03 Å². The summed E-state index contributed by atoms with van der Waals surface area (Å²) in [6.07, 6.45) is 0. The van der Waals surface area contributed by atoms with E-state index in [1.54, 1.807) is 31.4 Å². The maximum absolute atomic E-state index is 12.2. The molecule has 0 aliphatic heterocycles. The zero-order valence-electron chi connectivity index (χ0n) is 13.9. The minimum Gasteiger partial charge on any atom is -0.497 e. The van der Waals surface area contributed by atoms with Crippen LogP contribution in [0.1, 0.15) is 5.56 Å². The van der Waals surface area contributed by atoms with Gasteiger partial charge in [-0.05, 0) is 36.8 Å². The van der Waals surface area contributed by atoms with Crippen LogP contribution in [-0.4, -0.2) is 27.4 Å². The molecule has 0 saturated heterocycles. The molecule has 0 atom stereocenters. The molecule has 2 N–H and O–H groups in total. The van der Waals surface area contributed by atoms with Crippen LogP contribution < -0.4 is 24.8 Å². The number of anilines is 2. The van der Waals surface area contributed by atoms with E-state index in [4.69, 9.17) is 25.8 Å². The molecular weight excluding hydrogens is 332 g/mol. The molecule has 24 heavy (non-hydrogen) atoms. The predicted octanol–water partition coefficient (Wildman–Crippen LogP) is 4.32. The Balaban J connectivity index is 2.16. The Morgan fingerprint density at radius 3 is 2.17 bits per heavy atom. The fraction of sp³-hybridized carbons (Fsp3) is 0.235. The summed E-state index contributed by atoms with van der Waals surface area (Å²) < 4.78 is 15.5. The zero-order valence-corrected chi connectivity index (χ0v) is 14.7. The van der Waals surface area contributed by atoms with Gasteiger partial charge in [0.05, 0.1) is 32.0 Å². The topological polar surface area (TPSA) is 68.8 Å². The third-order valence-electron chi connectivity index (χ3n) is 3.40. The predicted molar refractivity (Wildman–Crippen MR) is 94.9 cm³/mol. The van der Waals surface area contributed by atoms with Gasteiger partial charge in [0.1, 0.15) is 17.2 Å². The van der Waals surface area contributed by atoms with E-state index in [-0.39, 0.29) is 0 Å². The molecule has 7 heteroatoms. The van der Waals surface area contributed by atoms with E-state index in [0.717, 1.165) is 11.3 Å². The molecule has 0 radical (unpaired) electrons. The minimum atomic E-state index is -0.414. The second-order valence-electron chi connectivity index (χ2n) is 4.95. The summed E-state index contributed by atoms with van der Waals surface area (Å²) in [4.78, 5) is 12.2. The van der Waals surface area contributed by atoms with Gasteiger partial charge in [-0.25, -0.2) is 4.79 Å². The van der Waals surface area contributed by atoms with E-state index in [1.807, 2.05) is 13.0 Å². The van der Waals surface area contributed by atoms with Crippen molar-refractivity contribution in [3.8, 4) is 17.2 Å². The van der Waals surface area contributed by atoms with Crippen molar-refractivity contribution in [1.82, 2.24) is 0 Å². The fourth-order valence-electron chi connectivity index (χ4n) is 2.14. The molecule has 2 amide bonds. The molecule has 0 fully saturated rings. The van der Waals surface area contributed by atoms with Gasteiger partial charge in [-0.2, -0.15) is 0 Å². The molecule has 0 aromatic heterocycles. The number of nitrogens with one attached hydrogen (secondary N) is 2. The number of methoxy groups -OCH3 is 3. The molecule has 128 valence electrons. The lowest BCUT2D eigenvalue weighted by Crippen LogP contribution is -2.20. The monoisotopic (exact) mass is 350 g/mol. The van der Waals surface area contributed by atoms with Crippen LogP contribution in [0.5, 0.6) is 17.2 Å². The van der Waals surface area contributed by atoms with Crippen LogP contribution in [-0.2, 0) is 0 Å². The van der Waals surface area contributed by atoms with Crippen molar-refractivity contribution in [3.63, 3.8) is 0 Å². The number of carbonyl (C=O) groups is 1. The molecule has 0 heterocycles. The van der Waals surface area contributed by atoms with E-state index < -0.39 is 6.03 Å². The van der Waals surface area contributed by atoms with Gasteiger partial charge in [0, 0.05) is 11.8 Å². The lowest BCUT2D eigenvalue weighted by molar-refractivity contribution is 0.262. The fourth-order valence-corrected chi connectivity index (χ4v) is 2.38. The van der Waals surface area contributed by atoms with Crippen LogP contribution in [0.25, 0.3) is 0 Å². The first kappa shape index (κ1) is 17.7. The van der Waals surface area contributed by atoms with Crippen molar-refractivity contribution in [2.24, 2.45) is 0 Å². The maximum Gasteiger partial charge on any atom is 0.323 e. The Labute approximate surface area is 145 Å². The Morgan fingerprint density at radius 2 is 1.58 bits per heavy atom. The first-order valence-corrected chi connectivity index (χ1v) is 7.50. The van der Waals surface area contributed by atoms with Gasteiger partial charge < -0.3 is 24.8 Å². The molecule has 0 spiro atoms. The summed E-state index contributed by atoms with van der Waals surface area (Å²) in [5, 5.41) is 5.86. The van der Waals surface area contributed by atoms with Gasteiger partial charge in [0.15, 0.2) is 0 Å². The normalized spacial score (nSPS) is 10.0. The van der Waals surface area contributed by atoms with Crippen molar-refractivity contribution in [2.75, 3.05) is 32.0 Å². The highest BCUT2D eigenvalue weighted by Crippen LogP contribution is 2.36. The maximum atomic E-state index is 12.2. The van der Waals surface area contributed by atoms with Crippen LogP contribution in [0.15, 0.2) is 30.3 Å². The largest absolute Gasteiger partial charge is 0.497 e. The summed E-state index contributed by atoms with van der Waals surface area (Å²) >= 11 is 6.09. The average Bonchev–Trinajstić information content (AvgIpc) is 2.57. The number of aryl methyl sites for hydroxylation is 1. The summed E-state index contributed by atoms with van der Waals surface area (Å²) in [5.41, 5.74) is 1.99. The first-order chi connectivity index (χ1) is 11.5. The SMILES string of the molecule is COc1ccc(NC(=O)Nc2cc(Cl)c(OC)cc2OC)c(C)c1. The highest BCUT2D eigenvalue weighted by atomic mass is 35.5. The molecule has 2 rings (SSSR count). The number of carbonyl (C=O) groups excluding carboxylic acids is 1. The molecule has 0 bridgehead atoms. The van der Waals surface area contributed by atoms with Crippen molar-refractivity contribution in [2.45, 2.75) is 6.92 Å². The van der Waals surface area contributed by atoms with Crippen LogP contribution in [0.3, 0.4) is 0 Å². The molecule has 0 aliphatic carbocycles. The van der Waals surface area contributed by atoms with Gasteiger partial charge in [-0.1, -0.05) is 11.6 Å². The molecule has 0 aliphatic rings. The molecule has 0 unspecified atom stereocenters. The molecule has 6 nitrogen and oxygen atoms in total. The summed E-state index contributed by atoms with van der Waals surface area (Å²) in [6, 6.07) is 8.14. The number of benzene rings is 2. The number of ether oxygens (including phenoxy) is 3. The lowest BCUT2D eigenvalue weighted by atomic mass is 10.2. The third-order valence-corrected chi connectivity index (χ3v) is 3.70. The van der Waals surface area contributed by atoms with Crippen LogP contribution >= 0.6 is 11.6 Å². The second-order valence-corrected chi connectivity index (χ2v) is 5.35. The minimum absolute atomic E-state index is 0.370. The van der Waals surface area contributed by atoms with E-state index >= 15 is 0 Å². The van der Waals surface area contributed by atoms with E-state index in [9.17, 15) is 4.79 Å². The van der Waals surface area contributed by atoms with Crippen LogP contribution in [0, 0.1) is 6.92 Å². The summed E-state index contributed by atoms with van der Waals surface area (Å²) in [6.45, 7) is 1.88. The van der Waals surface area contributed by atoms with Gasteiger partial charge in [-0.15, -0.1) is 0 Å². The van der Waals surface area contributed by atoms with Crippen LogP contribution in [0.2, 0.25) is 5.02 Å². The van der Waals surface area contributed by atoms with E-state index in [2.05, 4.69) is 10.6 Å². The molecule has 2 aromatic rings. The third kappa shape index (κ3) is 4.02. The number of hydrogen-bond donors (Lipinski definition) is 2. The number of halogens is 1. The van der Waals surface area contributed by atoms with Crippen molar-refractivity contribution in [1.29, 1.82) is 0 Å². The molecule has 2 aromatic carbocycles. The van der Waals surface area contributed by atoms with Crippen molar-refractivity contribution < 1.29 is 19.0 Å².